The molecule has 0 aromatic heterocycles. The van der Waals surface area contributed by atoms with Gasteiger partial charge in [-0.15, -0.1) is 0 Å². The van der Waals surface area contributed by atoms with Gasteiger partial charge in [0.25, 0.3) is 0 Å². The van der Waals surface area contributed by atoms with E-state index in [1.54, 1.807) is 17.9 Å². The number of allylic oxidation sites excluding steroid dienone is 2. The van der Waals surface area contributed by atoms with Gasteiger partial charge in [0.1, 0.15) is 11.4 Å². The molecule has 6 nitrogen and oxygen atoms in total. The van der Waals surface area contributed by atoms with Gasteiger partial charge in [-0.25, -0.2) is 9.18 Å². The lowest BCUT2D eigenvalue weighted by molar-refractivity contribution is 0.0168. The summed E-state index contributed by atoms with van der Waals surface area (Å²) in [5.41, 5.74) is 8.77. The van der Waals surface area contributed by atoms with Gasteiger partial charge in [0.2, 0.25) is 0 Å². The summed E-state index contributed by atoms with van der Waals surface area (Å²) in [5, 5.41) is 2.11. The van der Waals surface area contributed by atoms with Crippen molar-refractivity contribution in [3.63, 3.8) is 0 Å². The first kappa shape index (κ1) is 26.3. The maximum absolute atomic E-state index is 14.0. The fraction of sp³-hybridized carbons (Fsp3) is 0.367. The lowest BCUT2D eigenvalue weighted by Crippen LogP contribution is -2.51. The number of hydrogen-bond donors (Lipinski definition) is 1. The number of nitrogens with one attached hydrogen (secondary N) is 1. The molecule has 1 amide bonds. The number of ether oxygens (including phenoxy) is 1. The molecule has 196 valence electrons. The van der Waals surface area contributed by atoms with E-state index in [4.69, 9.17) is 4.74 Å². The summed E-state index contributed by atoms with van der Waals surface area (Å²) in [6.07, 6.45) is 6.09. The number of rotatable bonds is 5. The number of hydrazine groups is 1. The van der Waals surface area contributed by atoms with E-state index >= 15 is 0 Å². The number of aryl methyl sites for hydroxylation is 1. The maximum Gasteiger partial charge on any atom is 0.410 e. The first-order valence-electron chi connectivity index (χ1n) is 12.8. The van der Waals surface area contributed by atoms with Gasteiger partial charge in [0.05, 0.1) is 23.6 Å². The molecule has 0 bridgehead atoms. The standard InChI is InChI=1S/C30H37FN4O2/c1-22-20-25(13-14-26(22)31)27-21-28(33-16-18-34(19-17-33)29(36)37-30(3,4)5)23(2)35(32-27)15-9-12-24-10-7-6-8-11-24/h6-14,20-21,32H,15-19H2,1-5H3. The van der Waals surface area contributed by atoms with E-state index in [0.717, 1.165) is 28.2 Å². The number of piperazine rings is 1. The highest BCUT2D eigenvalue weighted by molar-refractivity contribution is 5.69. The van der Waals surface area contributed by atoms with Crippen LogP contribution in [0.25, 0.3) is 11.8 Å². The number of nitrogens with zero attached hydrogens (tertiary/aromatic N) is 3. The molecule has 37 heavy (non-hydrogen) atoms. The van der Waals surface area contributed by atoms with Crippen molar-refractivity contribution in [3.8, 4) is 0 Å². The van der Waals surface area contributed by atoms with Crippen molar-refractivity contribution in [2.75, 3.05) is 32.7 Å². The summed E-state index contributed by atoms with van der Waals surface area (Å²) in [5.74, 6) is -0.215. The van der Waals surface area contributed by atoms with Gasteiger partial charge in [-0.3, -0.25) is 10.4 Å². The summed E-state index contributed by atoms with van der Waals surface area (Å²) >= 11 is 0. The van der Waals surface area contributed by atoms with Crippen LogP contribution in [0.4, 0.5) is 9.18 Å². The highest BCUT2D eigenvalue weighted by atomic mass is 19.1. The Morgan fingerprint density at radius 1 is 1.05 bits per heavy atom. The Morgan fingerprint density at radius 2 is 1.76 bits per heavy atom. The minimum atomic E-state index is -0.513. The molecule has 2 aromatic rings. The van der Waals surface area contributed by atoms with Gasteiger partial charge in [-0.2, -0.15) is 0 Å². The van der Waals surface area contributed by atoms with Crippen molar-refractivity contribution in [3.05, 3.63) is 94.6 Å². The SMILES string of the molecule is CC1=C(N2CCN(C(=O)OC(C)(C)C)CC2)C=C(c2ccc(F)c(C)c2)NN1CC=Cc1ccccc1. The van der Waals surface area contributed by atoms with Gasteiger partial charge in [-0.1, -0.05) is 42.5 Å². The zero-order valence-corrected chi connectivity index (χ0v) is 22.4. The van der Waals surface area contributed by atoms with E-state index in [2.05, 4.69) is 52.6 Å². The second-order valence-corrected chi connectivity index (χ2v) is 10.5. The Labute approximate surface area is 219 Å². The molecule has 0 atom stereocenters. The van der Waals surface area contributed by atoms with Crippen molar-refractivity contribution < 1.29 is 13.9 Å². The number of hydrogen-bond acceptors (Lipinski definition) is 5. The zero-order chi connectivity index (χ0) is 26.6. The van der Waals surface area contributed by atoms with Crippen LogP contribution in [0.1, 0.15) is 44.4 Å². The van der Waals surface area contributed by atoms with Crippen LogP contribution >= 0.6 is 0 Å². The van der Waals surface area contributed by atoms with Crippen molar-refractivity contribution in [1.29, 1.82) is 0 Å². The quantitative estimate of drug-likeness (QED) is 0.558. The second-order valence-electron chi connectivity index (χ2n) is 10.5. The van der Waals surface area contributed by atoms with Gasteiger partial charge < -0.3 is 14.5 Å². The van der Waals surface area contributed by atoms with E-state index in [0.29, 0.717) is 38.3 Å². The van der Waals surface area contributed by atoms with Crippen LogP contribution in [0.5, 0.6) is 0 Å². The summed E-state index contributed by atoms with van der Waals surface area (Å²) in [6.45, 7) is 12.8. The molecule has 2 aliphatic rings. The largest absolute Gasteiger partial charge is 0.444 e. The first-order chi connectivity index (χ1) is 17.6. The summed E-state index contributed by atoms with van der Waals surface area (Å²) in [6, 6.07) is 15.4. The normalized spacial score (nSPS) is 16.7. The molecule has 2 heterocycles. The van der Waals surface area contributed by atoms with Crippen LogP contribution in [-0.2, 0) is 4.74 Å². The van der Waals surface area contributed by atoms with Gasteiger partial charge in [-0.05, 0) is 75.6 Å². The topological polar surface area (TPSA) is 48.1 Å². The summed E-state index contributed by atoms with van der Waals surface area (Å²) in [7, 11) is 0. The molecule has 0 aliphatic carbocycles. The Balaban J connectivity index is 1.56. The molecule has 0 spiro atoms. The Morgan fingerprint density at radius 3 is 2.41 bits per heavy atom. The first-order valence-corrected chi connectivity index (χ1v) is 12.8. The maximum atomic E-state index is 14.0. The fourth-order valence-corrected chi connectivity index (χ4v) is 4.42. The third kappa shape index (κ3) is 6.73. The molecular weight excluding hydrogens is 467 g/mol. The molecule has 0 unspecified atom stereocenters. The van der Waals surface area contributed by atoms with Gasteiger partial charge in [0.15, 0.2) is 0 Å². The minimum absolute atomic E-state index is 0.215. The fourth-order valence-electron chi connectivity index (χ4n) is 4.42. The third-order valence-electron chi connectivity index (χ3n) is 6.45. The van der Waals surface area contributed by atoms with Crippen molar-refractivity contribution >= 4 is 17.9 Å². The molecule has 7 heteroatoms. The van der Waals surface area contributed by atoms with Gasteiger partial charge >= 0.3 is 6.09 Å². The van der Waals surface area contributed by atoms with Crippen LogP contribution in [-0.4, -0.2) is 59.2 Å². The minimum Gasteiger partial charge on any atom is -0.444 e. The number of halogens is 1. The average molecular weight is 505 g/mol. The smallest absolute Gasteiger partial charge is 0.410 e. The number of carbonyl (C=O) groups excluding carboxylic acids is 1. The second kappa shape index (κ2) is 11.1. The molecule has 1 saturated heterocycles. The van der Waals surface area contributed by atoms with Crippen LogP contribution in [0.15, 0.2) is 72.1 Å². The number of benzene rings is 2. The summed E-state index contributed by atoms with van der Waals surface area (Å²) < 4.78 is 19.5. The van der Waals surface area contributed by atoms with Crippen molar-refractivity contribution in [2.24, 2.45) is 0 Å². The Kier molecular flexibility index (Phi) is 7.91. The van der Waals surface area contributed by atoms with Crippen molar-refractivity contribution in [2.45, 2.75) is 40.2 Å². The predicted molar refractivity (Wildman–Crippen MR) is 147 cm³/mol. The average Bonchev–Trinajstić information content (AvgIpc) is 2.86. The highest BCUT2D eigenvalue weighted by Crippen LogP contribution is 2.28. The molecular formula is C30H37FN4O2. The molecule has 1 N–H and O–H groups in total. The molecule has 4 rings (SSSR count). The zero-order valence-electron chi connectivity index (χ0n) is 22.4. The molecule has 1 fully saturated rings. The van der Waals surface area contributed by atoms with Crippen molar-refractivity contribution in [1.82, 2.24) is 20.2 Å². The van der Waals surface area contributed by atoms with Gasteiger partial charge in [0, 0.05) is 26.2 Å². The number of amides is 1. The monoisotopic (exact) mass is 504 g/mol. The van der Waals surface area contributed by atoms with E-state index in [1.165, 1.54) is 6.07 Å². The predicted octanol–water partition coefficient (Wildman–Crippen LogP) is 5.79. The molecule has 0 radical (unpaired) electrons. The Bertz CT molecular complexity index is 1210. The van der Waals surface area contributed by atoms with E-state index in [-0.39, 0.29) is 11.9 Å². The van der Waals surface area contributed by atoms with Crippen LogP contribution in [0.3, 0.4) is 0 Å². The van der Waals surface area contributed by atoms with E-state index in [1.807, 2.05) is 45.0 Å². The van der Waals surface area contributed by atoms with Crippen LogP contribution in [0.2, 0.25) is 0 Å². The van der Waals surface area contributed by atoms with E-state index < -0.39 is 5.60 Å². The summed E-state index contributed by atoms with van der Waals surface area (Å²) in [4.78, 5) is 16.6. The number of carbonyl (C=O) groups is 1. The Hall–Kier alpha value is -3.74. The molecule has 0 saturated carbocycles. The molecule has 2 aliphatic heterocycles. The third-order valence-corrected chi connectivity index (χ3v) is 6.45. The van der Waals surface area contributed by atoms with Crippen LogP contribution < -0.4 is 5.43 Å². The van der Waals surface area contributed by atoms with Crippen LogP contribution in [0, 0.1) is 12.7 Å². The lowest BCUT2D eigenvalue weighted by Gasteiger charge is -2.41. The lowest BCUT2D eigenvalue weighted by atomic mass is 10.1. The molecule has 2 aromatic carbocycles. The highest BCUT2D eigenvalue weighted by Gasteiger charge is 2.29. The van der Waals surface area contributed by atoms with E-state index in [9.17, 15) is 9.18 Å².